The fourth-order valence-corrected chi connectivity index (χ4v) is 2.84. The Hall–Kier alpha value is -1.89. The van der Waals surface area contributed by atoms with Crippen LogP contribution in [0.2, 0.25) is 0 Å². The van der Waals surface area contributed by atoms with E-state index < -0.39 is 21.1 Å². The molecule has 2 N–H and O–H groups in total. The van der Waals surface area contributed by atoms with Gasteiger partial charge in [-0.15, -0.1) is 0 Å². The molecule has 0 aliphatic carbocycles. The molecule has 0 heterocycles. The number of benzene rings is 1. The predicted octanol–water partition coefficient (Wildman–Crippen LogP) is 1.39. The maximum atomic E-state index is 12.0. The van der Waals surface area contributed by atoms with Crippen molar-refractivity contribution in [3.8, 4) is 0 Å². The smallest absolute Gasteiger partial charge is 0.303 e. The molecule has 122 valence electrons. The molecule has 0 atom stereocenters. The van der Waals surface area contributed by atoms with E-state index >= 15 is 0 Å². The van der Waals surface area contributed by atoms with Gasteiger partial charge >= 0.3 is 5.97 Å². The van der Waals surface area contributed by atoms with Gasteiger partial charge in [0.05, 0.1) is 16.6 Å². The standard InChI is InChI=1S/C15H21NO5S/c1-11(2)22(20,21)13-7-5-12(6-8-13)10-14(17)16-9-3-4-15(18)19/h5-8,11H,3-4,9-10H2,1-2H3,(H,16,17)(H,18,19). The normalized spacial score (nSPS) is 11.4. The summed E-state index contributed by atoms with van der Waals surface area (Å²) in [6.45, 7) is 3.55. The Bertz CT molecular complexity index is 620. The van der Waals surface area contributed by atoms with Crippen molar-refractivity contribution in [1.82, 2.24) is 5.32 Å². The van der Waals surface area contributed by atoms with Gasteiger partial charge in [0.25, 0.3) is 0 Å². The van der Waals surface area contributed by atoms with Gasteiger partial charge in [-0.05, 0) is 38.0 Å². The third-order valence-electron chi connectivity index (χ3n) is 3.13. The third-order valence-corrected chi connectivity index (χ3v) is 5.30. The lowest BCUT2D eigenvalue weighted by atomic mass is 10.1. The quantitative estimate of drug-likeness (QED) is 0.703. The number of carbonyl (C=O) groups excluding carboxylic acids is 1. The highest BCUT2D eigenvalue weighted by atomic mass is 32.2. The lowest BCUT2D eigenvalue weighted by Gasteiger charge is -2.09. The molecule has 22 heavy (non-hydrogen) atoms. The molecule has 0 radical (unpaired) electrons. The molecule has 0 spiro atoms. The number of carboxylic acid groups (broad SMARTS) is 1. The highest BCUT2D eigenvalue weighted by Crippen LogP contribution is 2.16. The first-order chi connectivity index (χ1) is 10.2. The largest absolute Gasteiger partial charge is 0.481 e. The van der Waals surface area contributed by atoms with E-state index in [1.165, 1.54) is 12.1 Å². The maximum absolute atomic E-state index is 12.0. The van der Waals surface area contributed by atoms with E-state index in [1.807, 2.05) is 0 Å². The highest BCUT2D eigenvalue weighted by Gasteiger charge is 2.18. The van der Waals surface area contributed by atoms with E-state index in [2.05, 4.69) is 5.32 Å². The molecule has 6 nitrogen and oxygen atoms in total. The number of carbonyl (C=O) groups is 2. The van der Waals surface area contributed by atoms with Crippen molar-refractivity contribution >= 4 is 21.7 Å². The zero-order chi connectivity index (χ0) is 16.8. The van der Waals surface area contributed by atoms with Gasteiger partial charge in [-0.2, -0.15) is 0 Å². The van der Waals surface area contributed by atoms with Crippen LogP contribution in [0.3, 0.4) is 0 Å². The van der Waals surface area contributed by atoms with E-state index in [0.717, 1.165) is 0 Å². The SMILES string of the molecule is CC(C)S(=O)(=O)c1ccc(CC(=O)NCCCC(=O)O)cc1. The fourth-order valence-electron chi connectivity index (χ4n) is 1.78. The number of amides is 1. The molecule has 1 aromatic carbocycles. The molecule has 0 fully saturated rings. The topological polar surface area (TPSA) is 101 Å². The van der Waals surface area contributed by atoms with E-state index in [1.54, 1.807) is 26.0 Å². The van der Waals surface area contributed by atoms with Crippen LogP contribution < -0.4 is 5.32 Å². The Labute approximate surface area is 130 Å². The summed E-state index contributed by atoms with van der Waals surface area (Å²) in [4.78, 5) is 22.2. The van der Waals surface area contributed by atoms with Crippen LogP contribution in [0, 0.1) is 0 Å². The number of rotatable bonds is 8. The summed E-state index contributed by atoms with van der Waals surface area (Å²) in [5.74, 6) is -1.11. The summed E-state index contributed by atoms with van der Waals surface area (Å²) in [7, 11) is -3.30. The summed E-state index contributed by atoms with van der Waals surface area (Å²) in [6.07, 6.45) is 0.532. The van der Waals surface area contributed by atoms with E-state index in [4.69, 9.17) is 5.11 Å². The first kappa shape index (κ1) is 18.2. The van der Waals surface area contributed by atoms with Gasteiger partial charge in [-0.3, -0.25) is 9.59 Å². The van der Waals surface area contributed by atoms with Gasteiger partial charge in [0.1, 0.15) is 0 Å². The van der Waals surface area contributed by atoms with Crippen LogP contribution in [0.15, 0.2) is 29.2 Å². The van der Waals surface area contributed by atoms with Crippen LogP contribution >= 0.6 is 0 Å². The average molecular weight is 327 g/mol. The third kappa shape index (κ3) is 5.48. The van der Waals surface area contributed by atoms with Crippen molar-refractivity contribution in [2.24, 2.45) is 0 Å². The molecular formula is C15H21NO5S. The lowest BCUT2D eigenvalue weighted by Crippen LogP contribution is -2.26. The van der Waals surface area contributed by atoms with Crippen LogP contribution in [-0.2, 0) is 25.8 Å². The fraction of sp³-hybridized carbons (Fsp3) is 0.467. The lowest BCUT2D eigenvalue weighted by molar-refractivity contribution is -0.137. The van der Waals surface area contributed by atoms with Gasteiger partial charge < -0.3 is 10.4 Å². The average Bonchev–Trinajstić information content (AvgIpc) is 2.44. The van der Waals surface area contributed by atoms with Crippen molar-refractivity contribution in [3.63, 3.8) is 0 Å². The Morgan fingerprint density at radius 3 is 2.27 bits per heavy atom. The second kappa shape index (κ2) is 7.93. The zero-order valence-electron chi connectivity index (χ0n) is 12.7. The van der Waals surface area contributed by atoms with E-state index in [9.17, 15) is 18.0 Å². The first-order valence-electron chi connectivity index (χ1n) is 7.05. The first-order valence-corrected chi connectivity index (χ1v) is 8.59. The summed E-state index contributed by atoms with van der Waals surface area (Å²) in [5.41, 5.74) is 0.707. The Kier molecular flexibility index (Phi) is 6.55. The van der Waals surface area contributed by atoms with Crippen molar-refractivity contribution in [3.05, 3.63) is 29.8 Å². The molecule has 0 saturated carbocycles. The number of aliphatic carboxylic acids is 1. The number of hydrogen-bond donors (Lipinski definition) is 2. The molecule has 1 rings (SSSR count). The van der Waals surface area contributed by atoms with Crippen molar-refractivity contribution in [2.45, 2.75) is 43.3 Å². The van der Waals surface area contributed by atoms with Crippen LogP contribution in [-0.4, -0.2) is 37.2 Å². The minimum atomic E-state index is -3.30. The van der Waals surface area contributed by atoms with Gasteiger partial charge in [-0.1, -0.05) is 12.1 Å². The maximum Gasteiger partial charge on any atom is 0.303 e. The van der Waals surface area contributed by atoms with Crippen LogP contribution in [0.4, 0.5) is 0 Å². The Morgan fingerprint density at radius 2 is 1.77 bits per heavy atom. The molecule has 0 unspecified atom stereocenters. The van der Waals surface area contributed by atoms with Crippen LogP contribution in [0.25, 0.3) is 0 Å². The number of carboxylic acids is 1. The second-order valence-corrected chi connectivity index (χ2v) is 7.77. The number of sulfone groups is 1. The van der Waals surface area contributed by atoms with Crippen LogP contribution in [0.5, 0.6) is 0 Å². The summed E-state index contributed by atoms with van der Waals surface area (Å²) in [6, 6.07) is 6.24. The van der Waals surface area contributed by atoms with Crippen molar-refractivity contribution < 1.29 is 23.1 Å². The molecule has 0 saturated heterocycles. The molecular weight excluding hydrogens is 306 g/mol. The van der Waals surface area contributed by atoms with Gasteiger partial charge in [-0.25, -0.2) is 8.42 Å². The van der Waals surface area contributed by atoms with Crippen molar-refractivity contribution in [2.75, 3.05) is 6.54 Å². The minimum Gasteiger partial charge on any atom is -0.481 e. The molecule has 0 aliphatic rings. The zero-order valence-corrected chi connectivity index (χ0v) is 13.5. The van der Waals surface area contributed by atoms with E-state index in [-0.39, 0.29) is 23.6 Å². The molecule has 0 aromatic heterocycles. The Morgan fingerprint density at radius 1 is 1.18 bits per heavy atom. The summed E-state index contributed by atoms with van der Waals surface area (Å²) < 4.78 is 23.9. The van der Waals surface area contributed by atoms with Gasteiger partial charge in [0, 0.05) is 13.0 Å². The summed E-state index contributed by atoms with van der Waals surface area (Å²) in [5, 5.41) is 10.6. The highest BCUT2D eigenvalue weighted by molar-refractivity contribution is 7.92. The minimum absolute atomic E-state index is 0.0159. The molecule has 1 aromatic rings. The Balaban J connectivity index is 2.54. The molecule has 0 aliphatic heterocycles. The monoisotopic (exact) mass is 327 g/mol. The van der Waals surface area contributed by atoms with Gasteiger partial charge in [0.2, 0.25) is 5.91 Å². The molecule has 0 bridgehead atoms. The van der Waals surface area contributed by atoms with Crippen LogP contribution in [0.1, 0.15) is 32.3 Å². The number of nitrogens with one attached hydrogen (secondary N) is 1. The predicted molar refractivity (Wildman–Crippen MR) is 82.3 cm³/mol. The molecule has 1 amide bonds. The summed E-state index contributed by atoms with van der Waals surface area (Å²) >= 11 is 0. The molecule has 7 heteroatoms. The second-order valence-electron chi connectivity index (χ2n) is 5.26. The van der Waals surface area contributed by atoms with Crippen molar-refractivity contribution in [1.29, 1.82) is 0 Å². The van der Waals surface area contributed by atoms with Gasteiger partial charge in [0.15, 0.2) is 9.84 Å². The van der Waals surface area contributed by atoms with E-state index in [0.29, 0.717) is 18.5 Å². The number of hydrogen-bond acceptors (Lipinski definition) is 4.